The van der Waals surface area contributed by atoms with Gasteiger partial charge in [0.15, 0.2) is 9.50 Å². The van der Waals surface area contributed by atoms with Crippen molar-refractivity contribution in [2.75, 3.05) is 16.8 Å². The Balaban J connectivity index is 1.55. The molecule has 22 heavy (non-hydrogen) atoms. The molecule has 0 spiro atoms. The Labute approximate surface area is 139 Å². The number of hydrogen-bond acceptors (Lipinski definition) is 7. The quantitative estimate of drug-likeness (QED) is 0.524. The van der Waals surface area contributed by atoms with E-state index in [-0.39, 0.29) is 11.7 Å². The lowest BCUT2D eigenvalue weighted by Crippen LogP contribution is -2.13. The van der Waals surface area contributed by atoms with Gasteiger partial charge in [-0.15, -0.1) is 10.2 Å². The number of H-pyrrole nitrogens is 1. The lowest BCUT2D eigenvalue weighted by atomic mass is 10.3. The van der Waals surface area contributed by atoms with E-state index >= 15 is 0 Å². The van der Waals surface area contributed by atoms with Gasteiger partial charge in [-0.25, -0.2) is 4.98 Å². The van der Waals surface area contributed by atoms with Gasteiger partial charge >= 0.3 is 0 Å². The van der Waals surface area contributed by atoms with Gasteiger partial charge in [0.2, 0.25) is 11.0 Å². The molecule has 0 radical (unpaired) electrons. The number of para-hydroxylation sites is 2. The number of nitrogens with one attached hydrogen (secondary N) is 2. The van der Waals surface area contributed by atoms with E-state index in [2.05, 4.69) is 25.5 Å². The third kappa shape index (κ3) is 3.79. The fraction of sp³-hybridized carbons (Fsp3) is 0.231. The zero-order chi connectivity index (χ0) is 15.4. The van der Waals surface area contributed by atoms with Crippen molar-refractivity contribution in [2.45, 2.75) is 16.4 Å². The third-order valence-electron chi connectivity index (χ3n) is 2.63. The van der Waals surface area contributed by atoms with Gasteiger partial charge in [0.05, 0.1) is 16.8 Å². The number of aromatic amines is 1. The normalized spacial score (nSPS) is 11.0. The van der Waals surface area contributed by atoms with Crippen LogP contribution in [0.3, 0.4) is 0 Å². The summed E-state index contributed by atoms with van der Waals surface area (Å²) in [6.07, 6.45) is 0. The first-order valence-corrected chi connectivity index (χ1v) is 9.37. The Morgan fingerprint density at radius 2 is 2.18 bits per heavy atom. The second kappa shape index (κ2) is 7.12. The third-order valence-corrected chi connectivity index (χ3v) is 5.36. The molecule has 9 heteroatoms. The first-order valence-electron chi connectivity index (χ1n) is 6.58. The molecule has 2 heterocycles. The molecule has 1 aromatic carbocycles. The Kier molecular flexibility index (Phi) is 4.96. The zero-order valence-corrected chi connectivity index (χ0v) is 14.1. The number of carbonyl (C=O) groups is 1. The van der Waals surface area contributed by atoms with Crippen molar-refractivity contribution in [2.24, 2.45) is 0 Å². The summed E-state index contributed by atoms with van der Waals surface area (Å²) in [6.45, 7) is 2.05. The van der Waals surface area contributed by atoms with Crippen LogP contribution in [-0.2, 0) is 4.79 Å². The molecule has 0 saturated heterocycles. The molecule has 0 fully saturated rings. The number of carbonyl (C=O) groups excluding carboxylic acids is 1. The molecule has 0 aliphatic rings. The number of amides is 1. The predicted octanol–water partition coefficient (Wildman–Crippen LogP) is 3.26. The summed E-state index contributed by atoms with van der Waals surface area (Å²) in [5.74, 6) is 1.09. The molecule has 6 nitrogen and oxygen atoms in total. The van der Waals surface area contributed by atoms with Crippen LogP contribution in [0.1, 0.15) is 6.92 Å². The summed E-state index contributed by atoms with van der Waals surface area (Å²) < 4.78 is 0.864. The van der Waals surface area contributed by atoms with Gasteiger partial charge in [0, 0.05) is 0 Å². The SMILES string of the molecule is CCSc1nnc(NC(=O)CSc2nc3ccccc3[nH]2)s1. The fourth-order valence-electron chi connectivity index (χ4n) is 1.73. The lowest BCUT2D eigenvalue weighted by Gasteiger charge is -1.98. The van der Waals surface area contributed by atoms with Crippen LogP contribution < -0.4 is 5.32 Å². The average Bonchev–Trinajstić information content (AvgIpc) is 3.12. The molecule has 0 unspecified atom stereocenters. The van der Waals surface area contributed by atoms with E-state index in [0.29, 0.717) is 5.13 Å². The van der Waals surface area contributed by atoms with Crippen LogP contribution >= 0.6 is 34.9 Å². The van der Waals surface area contributed by atoms with E-state index in [1.807, 2.05) is 31.2 Å². The Morgan fingerprint density at radius 3 is 3.00 bits per heavy atom. The summed E-state index contributed by atoms with van der Waals surface area (Å²) in [4.78, 5) is 19.5. The number of fused-ring (bicyclic) bond motifs is 1. The van der Waals surface area contributed by atoms with E-state index in [1.165, 1.54) is 23.1 Å². The van der Waals surface area contributed by atoms with Crippen molar-refractivity contribution in [3.8, 4) is 0 Å². The molecule has 0 aliphatic heterocycles. The van der Waals surface area contributed by atoms with Crippen molar-refractivity contribution in [1.29, 1.82) is 0 Å². The minimum atomic E-state index is -0.116. The van der Waals surface area contributed by atoms with Crippen molar-refractivity contribution in [3.05, 3.63) is 24.3 Å². The standard InChI is InChI=1S/C13H13N5OS3/c1-2-20-13-18-17-12(22-13)16-10(19)7-21-11-14-8-5-3-4-6-9(8)15-11/h3-6H,2,7H2,1H3,(H,14,15)(H,16,17,19). The molecule has 2 N–H and O–H groups in total. The summed E-state index contributed by atoms with van der Waals surface area (Å²) >= 11 is 4.36. The number of imidazole rings is 1. The van der Waals surface area contributed by atoms with Crippen molar-refractivity contribution in [1.82, 2.24) is 20.2 Å². The highest BCUT2D eigenvalue weighted by molar-refractivity contribution is 8.01. The first kappa shape index (κ1) is 15.3. The maximum atomic E-state index is 11.9. The topological polar surface area (TPSA) is 83.6 Å². The van der Waals surface area contributed by atoms with Gasteiger partial charge in [0.1, 0.15) is 0 Å². The van der Waals surface area contributed by atoms with Gasteiger partial charge in [-0.1, -0.05) is 53.9 Å². The largest absolute Gasteiger partial charge is 0.333 e. The molecule has 1 amide bonds. The molecule has 0 aliphatic carbocycles. The van der Waals surface area contributed by atoms with Crippen molar-refractivity contribution >= 4 is 56.9 Å². The van der Waals surface area contributed by atoms with E-state index < -0.39 is 0 Å². The van der Waals surface area contributed by atoms with Gasteiger partial charge in [-0.3, -0.25) is 10.1 Å². The summed E-state index contributed by atoms with van der Waals surface area (Å²) in [5, 5.41) is 12.0. The number of benzene rings is 1. The molecule has 0 atom stereocenters. The smallest absolute Gasteiger partial charge is 0.236 e. The summed E-state index contributed by atoms with van der Waals surface area (Å²) in [6, 6.07) is 7.78. The highest BCUT2D eigenvalue weighted by atomic mass is 32.2. The maximum absolute atomic E-state index is 11.9. The number of aromatic nitrogens is 4. The fourth-order valence-corrected chi connectivity index (χ4v) is 4.08. The predicted molar refractivity (Wildman–Crippen MR) is 91.8 cm³/mol. The molecule has 3 rings (SSSR count). The van der Waals surface area contributed by atoms with Gasteiger partial charge in [0.25, 0.3) is 0 Å². The van der Waals surface area contributed by atoms with Crippen LogP contribution in [0.4, 0.5) is 5.13 Å². The number of hydrogen-bond donors (Lipinski definition) is 2. The molecule has 2 aromatic heterocycles. The van der Waals surface area contributed by atoms with Crippen LogP contribution in [0.5, 0.6) is 0 Å². The summed E-state index contributed by atoms with van der Waals surface area (Å²) in [7, 11) is 0. The van der Waals surface area contributed by atoms with E-state index in [0.717, 1.165) is 26.3 Å². The maximum Gasteiger partial charge on any atom is 0.236 e. The minimum Gasteiger partial charge on any atom is -0.333 e. The Bertz CT molecular complexity index is 752. The van der Waals surface area contributed by atoms with Crippen LogP contribution in [0.25, 0.3) is 11.0 Å². The second-order valence-electron chi connectivity index (χ2n) is 4.20. The Morgan fingerprint density at radius 1 is 1.32 bits per heavy atom. The monoisotopic (exact) mass is 351 g/mol. The molecular weight excluding hydrogens is 338 g/mol. The van der Waals surface area contributed by atoms with Gasteiger partial charge in [-0.2, -0.15) is 0 Å². The van der Waals surface area contributed by atoms with Gasteiger partial charge in [-0.05, 0) is 17.9 Å². The molecular formula is C13H13N5OS3. The number of nitrogens with zero attached hydrogens (tertiary/aromatic N) is 3. The molecule has 0 saturated carbocycles. The number of thioether (sulfide) groups is 2. The van der Waals surface area contributed by atoms with Crippen molar-refractivity contribution in [3.63, 3.8) is 0 Å². The Hall–Kier alpha value is -1.58. The van der Waals surface area contributed by atoms with E-state index in [1.54, 1.807) is 11.8 Å². The lowest BCUT2D eigenvalue weighted by molar-refractivity contribution is -0.113. The van der Waals surface area contributed by atoms with Crippen LogP contribution in [-0.4, -0.2) is 37.6 Å². The summed E-state index contributed by atoms with van der Waals surface area (Å²) in [5.41, 5.74) is 1.87. The van der Waals surface area contributed by atoms with Crippen LogP contribution in [0.15, 0.2) is 33.8 Å². The number of anilines is 1. The minimum absolute atomic E-state index is 0.116. The molecule has 114 valence electrons. The highest BCUT2D eigenvalue weighted by Gasteiger charge is 2.10. The zero-order valence-electron chi connectivity index (χ0n) is 11.7. The second-order valence-corrected chi connectivity index (χ2v) is 7.65. The van der Waals surface area contributed by atoms with Crippen LogP contribution in [0, 0.1) is 0 Å². The highest BCUT2D eigenvalue weighted by Crippen LogP contribution is 2.25. The van der Waals surface area contributed by atoms with Gasteiger partial charge < -0.3 is 4.98 Å². The van der Waals surface area contributed by atoms with E-state index in [9.17, 15) is 4.79 Å². The van der Waals surface area contributed by atoms with E-state index in [4.69, 9.17) is 0 Å². The first-order chi connectivity index (χ1) is 10.7. The molecule has 3 aromatic rings. The molecule has 0 bridgehead atoms. The number of rotatable bonds is 6. The van der Waals surface area contributed by atoms with Crippen molar-refractivity contribution < 1.29 is 4.79 Å². The average molecular weight is 351 g/mol. The van der Waals surface area contributed by atoms with Crippen LogP contribution in [0.2, 0.25) is 0 Å².